The summed E-state index contributed by atoms with van der Waals surface area (Å²) in [6.45, 7) is 4.04. The van der Waals surface area contributed by atoms with Crippen molar-refractivity contribution in [3.8, 4) is 17.1 Å². The van der Waals surface area contributed by atoms with Crippen molar-refractivity contribution in [3.05, 3.63) is 65.5 Å². The van der Waals surface area contributed by atoms with Gasteiger partial charge in [0.1, 0.15) is 5.75 Å². The third-order valence-electron chi connectivity index (χ3n) is 6.12. The van der Waals surface area contributed by atoms with Crippen LogP contribution in [0, 0.1) is 5.41 Å². The highest BCUT2D eigenvalue weighted by molar-refractivity contribution is 5.66. The average molecular weight is 473 g/mol. The molecule has 34 heavy (non-hydrogen) atoms. The summed E-state index contributed by atoms with van der Waals surface area (Å²) in [5.74, 6) is 0.425. The molecule has 1 atom stereocenters. The zero-order valence-electron chi connectivity index (χ0n) is 18.8. The van der Waals surface area contributed by atoms with Gasteiger partial charge in [-0.1, -0.05) is 25.2 Å². The van der Waals surface area contributed by atoms with E-state index in [4.69, 9.17) is 14.8 Å². The predicted molar refractivity (Wildman–Crippen MR) is 120 cm³/mol. The molecular weight excluding hydrogens is 447 g/mol. The van der Waals surface area contributed by atoms with Gasteiger partial charge in [0.2, 0.25) is 0 Å². The summed E-state index contributed by atoms with van der Waals surface area (Å²) < 4.78 is 44.3. The summed E-state index contributed by atoms with van der Waals surface area (Å²) in [4.78, 5) is 22.1. The number of fused-ring (bicyclic) bond motifs is 1. The Morgan fingerprint density at radius 1 is 1.26 bits per heavy atom. The van der Waals surface area contributed by atoms with Crippen molar-refractivity contribution < 1.29 is 27.8 Å². The molecule has 1 aromatic heterocycles. The Hall–Kier alpha value is -3.20. The van der Waals surface area contributed by atoms with Gasteiger partial charge in [-0.25, -0.2) is 9.97 Å². The Labute approximate surface area is 195 Å². The number of carboxylic acids is 1. The maximum Gasteiger partial charge on any atom is 0.416 e. The first-order valence-corrected chi connectivity index (χ1v) is 11.1. The highest BCUT2D eigenvalue weighted by Crippen LogP contribution is 2.36. The smallest absolute Gasteiger partial charge is 0.416 e. The summed E-state index contributed by atoms with van der Waals surface area (Å²) in [6, 6.07) is 7.33. The first-order chi connectivity index (χ1) is 16.1. The van der Waals surface area contributed by atoms with Gasteiger partial charge in [-0.05, 0) is 30.7 Å². The van der Waals surface area contributed by atoms with Crippen LogP contribution >= 0.6 is 0 Å². The Kier molecular flexibility index (Phi) is 6.74. The molecule has 4 rings (SSSR count). The molecule has 0 amide bonds. The molecule has 6 nitrogen and oxygen atoms in total. The molecule has 1 unspecified atom stereocenters. The molecule has 0 radical (unpaired) electrons. The number of carboxylic acid groups (broad SMARTS) is 1. The minimum atomic E-state index is -4.33. The minimum absolute atomic E-state index is 0.115. The maximum atomic E-state index is 12.8. The highest BCUT2D eigenvalue weighted by Gasteiger charge is 2.35. The number of ether oxygens (including phenoxy) is 1. The van der Waals surface area contributed by atoms with Crippen LogP contribution in [0.3, 0.4) is 0 Å². The number of allylic oxidation sites excluding steroid dienone is 3. The third-order valence-corrected chi connectivity index (χ3v) is 6.12. The highest BCUT2D eigenvalue weighted by atomic mass is 19.4. The quantitative estimate of drug-likeness (QED) is 0.622. The molecule has 2 aromatic rings. The van der Waals surface area contributed by atoms with Crippen molar-refractivity contribution in [1.29, 1.82) is 0 Å². The van der Waals surface area contributed by atoms with E-state index in [1.54, 1.807) is 24.4 Å². The Morgan fingerprint density at radius 3 is 2.68 bits per heavy atom. The van der Waals surface area contributed by atoms with Crippen molar-refractivity contribution in [2.24, 2.45) is 5.41 Å². The van der Waals surface area contributed by atoms with E-state index in [2.05, 4.69) is 9.88 Å². The first kappa shape index (κ1) is 23.9. The summed E-state index contributed by atoms with van der Waals surface area (Å²) in [7, 11) is 0. The van der Waals surface area contributed by atoms with Gasteiger partial charge in [0.25, 0.3) is 0 Å². The lowest BCUT2D eigenvalue weighted by Gasteiger charge is -2.28. The number of aromatic nitrogens is 2. The molecule has 0 spiro atoms. The van der Waals surface area contributed by atoms with Gasteiger partial charge in [-0.15, -0.1) is 0 Å². The molecule has 2 heterocycles. The van der Waals surface area contributed by atoms with E-state index in [9.17, 15) is 18.0 Å². The third kappa shape index (κ3) is 5.83. The predicted octanol–water partition coefficient (Wildman–Crippen LogP) is 4.81. The minimum Gasteiger partial charge on any atom is -0.493 e. The van der Waals surface area contributed by atoms with Crippen LogP contribution < -0.4 is 4.74 Å². The van der Waals surface area contributed by atoms with Crippen LogP contribution in [0.2, 0.25) is 0 Å². The van der Waals surface area contributed by atoms with Crippen LogP contribution in [0.4, 0.5) is 13.2 Å². The molecule has 1 N–H and O–H groups in total. The Balaban J connectivity index is 1.35. The monoisotopic (exact) mass is 473 g/mol. The van der Waals surface area contributed by atoms with E-state index in [0.29, 0.717) is 24.7 Å². The SMILES string of the molecule is CC1(COc2ccc(-c3ncc4c(n3)CCN(CCC(=O)O)C4)cc2)C=CC(C(F)(F)F)=CC1. The van der Waals surface area contributed by atoms with E-state index in [0.717, 1.165) is 35.9 Å². The lowest BCUT2D eigenvalue weighted by molar-refractivity contribution is -0.137. The lowest BCUT2D eigenvalue weighted by atomic mass is 9.82. The lowest BCUT2D eigenvalue weighted by Crippen LogP contribution is -2.33. The van der Waals surface area contributed by atoms with Crippen molar-refractivity contribution in [1.82, 2.24) is 14.9 Å². The number of rotatable bonds is 7. The fraction of sp³-hybridized carbons (Fsp3) is 0.400. The van der Waals surface area contributed by atoms with E-state index in [1.807, 2.05) is 19.1 Å². The number of carbonyl (C=O) groups is 1. The average Bonchev–Trinajstić information content (AvgIpc) is 2.81. The van der Waals surface area contributed by atoms with E-state index >= 15 is 0 Å². The van der Waals surface area contributed by atoms with Gasteiger partial charge in [0, 0.05) is 48.8 Å². The second-order valence-corrected chi connectivity index (χ2v) is 9.00. The van der Waals surface area contributed by atoms with E-state index < -0.39 is 23.1 Å². The molecule has 1 aromatic carbocycles. The molecule has 0 saturated heterocycles. The van der Waals surface area contributed by atoms with Gasteiger partial charge in [0.15, 0.2) is 5.82 Å². The van der Waals surface area contributed by atoms with Crippen molar-refractivity contribution >= 4 is 5.97 Å². The molecular formula is C25H26F3N3O3. The molecule has 180 valence electrons. The van der Waals surface area contributed by atoms with E-state index in [1.165, 1.54) is 6.08 Å². The van der Waals surface area contributed by atoms with Crippen molar-refractivity contribution in [2.45, 2.75) is 38.9 Å². The van der Waals surface area contributed by atoms with E-state index in [-0.39, 0.29) is 19.4 Å². The van der Waals surface area contributed by atoms with Crippen LogP contribution in [0.5, 0.6) is 5.75 Å². The number of hydrogen-bond acceptors (Lipinski definition) is 5. The number of alkyl halides is 3. The molecule has 1 aliphatic heterocycles. The van der Waals surface area contributed by atoms with Gasteiger partial charge < -0.3 is 9.84 Å². The Morgan fingerprint density at radius 2 is 2.03 bits per heavy atom. The second kappa shape index (κ2) is 9.58. The van der Waals surface area contributed by atoms with Crippen LogP contribution in [0.15, 0.2) is 54.3 Å². The Bertz CT molecular complexity index is 1110. The summed E-state index contributed by atoms with van der Waals surface area (Å²) in [5.41, 5.74) is 1.70. The van der Waals surface area contributed by atoms with Gasteiger partial charge in [0.05, 0.1) is 24.3 Å². The molecule has 0 saturated carbocycles. The maximum absolute atomic E-state index is 12.8. The number of benzene rings is 1. The van der Waals surface area contributed by atoms with Gasteiger partial charge in [-0.2, -0.15) is 13.2 Å². The summed E-state index contributed by atoms with van der Waals surface area (Å²) in [5, 5.41) is 8.87. The second-order valence-electron chi connectivity index (χ2n) is 9.00. The fourth-order valence-electron chi connectivity index (χ4n) is 3.99. The summed E-state index contributed by atoms with van der Waals surface area (Å²) in [6.07, 6.45) is 2.48. The van der Waals surface area contributed by atoms with Gasteiger partial charge >= 0.3 is 12.1 Å². The van der Waals surface area contributed by atoms with Crippen LogP contribution in [0.1, 0.15) is 31.0 Å². The van der Waals surface area contributed by atoms with Crippen molar-refractivity contribution in [3.63, 3.8) is 0 Å². The number of hydrogen-bond donors (Lipinski definition) is 1. The van der Waals surface area contributed by atoms with Crippen LogP contribution in [-0.4, -0.2) is 51.8 Å². The van der Waals surface area contributed by atoms with Gasteiger partial charge in [-0.3, -0.25) is 9.69 Å². The largest absolute Gasteiger partial charge is 0.493 e. The van der Waals surface area contributed by atoms with Crippen LogP contribution in [-0.2, 0) is 17.8 Å². The first-order valence-electron chi connectivity index (χ1n) is 11.1. The standard InChI is InChI=1S/C25H26F3N3O3/c1-24(10-6-19(7-11-24)25(26,27)28)16-34-20-4-2-17(3-5-20)23-29-14-18-15-31(13-9-22(32)33)12-8-21(18)30-23/h2-7,10,14H,8-9,11-13,15-16H2,1H3,(H,32,33). The molecule has 0 bridgehead atoms. The number of halogens is 3. The molecule has 9 heteroatoms. The zero-order chi connectivity index (χ0) is 24.3. The molecule has 0 fully saturated rings. The van der Waals surface area contributed by atoms with Crippen molar-refractivity contribution in [2.75, 3.05) is 19.7 Å². The van der Waals surface area contributed by atoms with Crippen LogP contribution in [0.25, 0.3) is 11.4 Å². The summed E-state index contributed by atoms with van der Waals surface area (Å²) >= 11 is 0. The number of nitrogens with zero attached hydrogens (tertiary/aromatic N) is 3. The normalized spacial score (nSPS) is 20.5. The molecule has 2 aliphatic rings. The zero-order valence-corrected chi connectivity index (χ0v) is 18.8. The number of aliphatic carboxylic acids is 1. The molecule has 1 aliphatic carbocycles. The topological polar surface area (TPSA) is 75.6 Å². The fourth-order valence-corrected chi connectivity index (χ4v) is 3.99.